The molecule has 1 atom stereocenters. The number of nitrogens with zero attached hydrogens (tertiary/aromatic N) is 1. The van der Waals surface area contributed by atoms with Crippen LogP contribution in [0.2, 0.25) is 0 Å². The molecule has 1 heterocycles. The third-order valence-corrected chi connectivity index (χ3v) is 3.21. The van der Waals surface area contributed by atoms with Crippen LogP contribution in [0.5, 0.6) is 5.75 Å². The van der Waals surface area contributed by atoms with Crippen molar-refractivity contribution in [3.63, 3.8) is 0 Å². The first-order chi connectivity index (χ1) is 8.24. The summed E-state index contributed by atoms with van der Waals surface area (Å²) >= 11 is 0. The number of ether oxygens (including phenoxy) is 1. The number of fused-ring (bicyclic) bond motifs is 1. The number of nitrogens with two attached hydrogens (primary N) is 1. The van der Waals surface area contributed by atoms with Crippen molar-refractivity contribution in [2.24, 2.45) is 5.73 Å². The van der Waals surface area contributed by atoms with Crippen molar-refractivity contribution in [1.82, 2.24) is 0 Å². The van der Waals surface area contributed by atoms with E-state index in [-0.39, 0.29) is 6.10 Å². The van der Waals surface area contributed by atoms with Gasteiger partial charge in [0.1, 0.15) is 11.9 Å². The van der Waals surface area contributed by atoms with Gasteiger partial charge in [-0.05, 0) is 44.0 Å². The summed E-state index contributed by atoms with van der Waals surface area (Å²) in [4.78, 5) is 2.40. The molecule has 94 valence electrons. The van der Waals surface area contributed by atoms with E-state index in [4.69, 9.17) is 10.5 Å². The number of hydrogen-bond donors (Lipinski definition) is 1. The van der Waals surface area contributed by atoms with Crippen LogP contribution >= 0.6 is 0 Å². The van der Waals surface area contributed by atoms with E-state index in [0.717, 1.165) is 38.2 Å². The van der Waals surface area contributed by atoms with Gasteiger partial charge in [-0.15, -0.1) is 0 Å². The van der Waals surface area contributed by atoms with Crippen LogP contribution in [0.25, 0.3) is 0 Å². The smallest absolute Gasteiger partial charge is 0.143 e. The molecule has 0 amide bonds. The number of rotatable bonds is 4. The lowest BCUT2D eigenvalue weighted by molar-refractivity contribution is 0.212. The van der Waals surface area contributed by atoms with Crippen molar-refractivity contribution in [3.8, 4) is 5.75 Å². The van der Waals surface area contributed by atoms with Gasteiger partial charge < -0.3 is 15.4 Å². The molecule has 3 nitrogen and oxygen atoms in total. The summed E-state index contributed by atoms with van der Waals surface area (Å²) in [5.41, 5.74) is 8.19. The lowest BCUT2D eigenvalue weighted by Crippen LogP contribution is -2.39. The van der Waals surface area contributed by atoms with E-state index < -0.39 is 0 Å². The Balaban J connectivity index is 2.25. The van der Waals surface area contributed by atoms with Crippen molar-refractivity contribution in [3.05, 3.63) is 23.8 Å². The van der Waals surface area contributed by atoms with Crippen LogP contribution < -0.4 is 15.4 Å². The van der Waals surface area contributed by atoms with Gasteiger partial charge in [0.25, 0.3) is 0 Å². The first-order valence-electron chi connectivity index (χ1n) is 6.49. The minimum absolute atomic E-state index is 0.257. The summed E-state index contributed by atoms with van der Waals surface area (Å²) in [5, 5.41) is 0. The molecule has 0 bridgehead atoms. The van der Waals surface area contributed by atoms with Crippen LogP contribution in [0.4, 0.5) is 5.69 Å². The average Bonchev–Trinajstić information content (AvgIpc) is 2.35. The van der Waals surface area contributed by atoms with Gasteiger partial charge in [0.15, 0.2) is 0 Å². The molecule has 1 aliphatic rings. The van der Waals surface area contributed by atoms with Gasteiger partial charge in [-0.2, -0.15) is 0 Å². The van der Waals surface area contributed by atoms with E-state index >= 15 is 0 Å². The molecule has 1 unspecified atom stereocenters. The zero-order chi connectivity index (χ0) is 12.3. The molecule has 2 N–H and O–H groups in total. The first kappa shape index (κ1) is 12.2. The largest absolute Gasteiger partial charge is 0.487 e. The van der Waals surface area contributed by atoms with E-state index in [1.165, 1.54) is 11.3 Å². The Kier molecular flexibility index (Phi) is 3.89. The number of aryl methyl sites for hydroxylation is 1. The molecule has 0 fully saturated rings. The second kappa shape index (κ2) is 5.41. The summed E-state index contributed by atoms with van der Waals surface area (Å²) in [6.07, 6.45) is 2.35. The highest BCUT2D eigenvalue weighted by molar-refractivity contribution is 5.61. The minimum Gasteiger partial charge on any atom is -0.487 e. The Morgan fingerprint density at radius 1 is 1.47 bits per heavy atom. The van der Waals surface area contributed by atoms with Gasteiger partial charge in [0.05, 0.1) is 12.2 Å². The Morgan fingerprint density at radius 2 is 2.29 bits per heavy atom. The third-order valence-electron chi connectivity index (χ3n) is 3.21. The van der Waals surface area contributed by atoms with Crippen LogP contribution in [0, 0.1) is 0 Å². The molecule has 0 aromatic heterocycles. The molecule has 0 aliphatic carbocycles. The number of benzene rings is 1. The van der Waals surface area contributed by atoms with Crippen molar-refractivity contribution in [2.45, 2.75) is 32.8 Å². The van der Waals surface area contributed by atoms with E-state index in [9.17, 15) is 0 Å². The molecule has 3 heteroatoms. The van der Waals surface area contributed by atoms with Crippen molar-refractivity contribution >= 4 is 5.69 Å². The lowest BCUT2D eigenvalue weighted by atomic mass is 10.1. The van der Waals surface area contributed by atoms with Crippen LogP contribution in [-0.4, -0.2) is 25.7 Å². The molecule has 0 saturated carbocycles. The molecular formula is C14H22N2O. The maximum absolute atomic E-state index is 5.87. The zero-order valence-corrected chi connectivity index (χ0v) is 10.8. The third kappa shape index (κ3) is 2.72. The van der Waals surface area contributed by atoms with Gasteiger partial charge >= 0.3 is 0 Å². The fraction of sp³-hybridized carbons (Fsp3) is 0.571. The SMILES string of the molecule is CCc1ccc2c(c1)N(CCCN)CC(C)O2. The highest BCUT2D eigenvalue weighted by atomic mass is 16.5. The van der Waals surface area contributed by atoms with E-state index in [1.54, 1.807) is 0 Å². The molecule has 17 heavy (non-hydrogen) atoms. The average molecular weight is 234 g/mol. The second-order valence-corrected chi connectivity index (χ2v) is 4.67. The first-order valence-corrected chi connectivity index (χ1v) is 6.49. The predicted octanol–water partition coefficient (Wildman–Crippen LogP) is 2.19. The summed E-state index contributed by atoms with van der Waals surface area (Å²) < 4.78 is 5.87. The van der Waals surface area contributed by atoms with Crippen LogP contribution in [0.1, 0.15) is 25.8 Å². The predicted molar refractivity (Wildman–Crippen MR) is 71.8 cm³/mol. The fourth-order valence-electron chi connectivity index (χ4n) is 2.29. The van der Waals surface area contributed by atoms with Gasteiger partial charge in [-0.3, -0.25) is 0 Å². The normalized spacial score (nSPS) is 18.8. The molecule has 0 radical (unpaired) electrons. The molecule has 2 rings (SSSR count). The summed E-state index contributed by atoms with van der Waals surface area (Å²) in [7, 11) is 0. The van der Waals surface area contributed by atoms with Crippen molar-refractivity contribution < 1.29 is 4.74 Å². The monoisotopic (exact) mass is 234 g/mol. The molecule has 1 aliphatic heterocycles. The van der Waals surface area contributed by atoms with E-state index in [1.807, 2.05) is 0 Å². The Hall–Kier alpha value is -1.22. The van der Waals surface area contributed by atoms with Gasteiger partial charge in [-0.25, -0.2) is 0 Å². The molecule has 0 saturated heterocycles. The van der Waals surface area contributed by atoms with Crippen LogP contribution in [-0.2, 0) is 6.42 Å². The van der Waals surface area contributed by atoms with Crippen molar-refractivity contribution in [2.75, 3.05) is 24.5 Å². The summed E-state index contributed by atoms with van der Waals surface area (Å²) in [5.74, 6) is 1.01. The van der Waals surface area contributed by atoms with Gasteiger partial charge in [0, 0.05) is 6.54 Å². The van der Waals surface area contributed by atoms with Crippen molar-refractivity contribution in [1.29, 1.82) is 0 Å². The van der Waals surface area contributed by atoms with Gasteiger partial charge in [0.2, 0.25) is 0 Å². The van der Waals surface area contributed by atoms with Crippen LogP contribution in [0.15, 0.2) is 18.2 Å². The Bertz CT molecular complexity index is 378. The van der Waals surface area contributed by atoms with Crippen LogP contribution in [0.3, 0.4) is 0 Å². The number of hydrogen-bond acceptors (Lipinski definition) is 3. The highest BCUT2D eigenvalue weighted by Crippen LogP contribution is 2.34. The molecular weight excluding hydrogens is 212 g/mol. The Labute approximate surface area is 104 Å². The standard InChI is InChI=1S/C14H22N2O/c1-3-12-5-6-14-13(9-12)16(8-4-7-15)10-11(2)17-14/h5-6,9,11H,3-4,7-8,10,15H2,1-2H3. The zero-order valence-electron chi connectivity index (χ0n) is 10.8. The molecule has 1 aromatic rings. The minimum atomic E-state index is 0.257. The summed E-state index contributed by atoms with van der Waals surface area (Å²) in [6.45, 7) is 7.02. The second-order valence-electron chi connectivity index (χ2n) is 4.67. The van der Waals surface area contributed by atoms with E-state index in [2.05, 4.69) is 36.9 Å². The number of anilines is 1. The fourth-order valence-corrected chi connectivity index (χ4v) is 2.29. The Morgan fingerprint density at radius 3 is 3.00 bits per heavy atom. The van der Waals surface area contributed by atoms with E-state index in [0.29, 0.717) is 0 Å². The molecule has 1 aromatic carbocycles. The van der Waals surface area contributed by atoms with Gasteiger partial charge in [-0.1, -0.05) is 13.0 Å². The summed E-state index contributed by atoms with van der Waals surface area (Å²) in [6, 6.07) is 6.50. The highest BCUT2D eigenvalue weighted by Gasteiger charge is 2.22. The molecule has 0 spiro atoms. The quantitative estimate of drug-likeness (QED) is 0.868. The lowest BCUT2D eigenvalue weighted by Gasteiger charge is -2.35. The maximum Gasteiger partial charge on any atom is 0.143 e. The topological polar surface area (TPSA) is 38.5 Å². The maximum atomic E-state index is 5.87.